The van der Waals surface area contributed by atoms with Crippen molar-refractivity contribution in [3.8, 4) is 0 Å². The lowest BCUT2D eigenvalue weighted by Gasteiger charge is -2.20. The Labute approximate surface area is 157 Å². The maximum absolute atomic E-state index is 14.5. The number of aliphatic imine (C=N–C) groups is 1. The summed E-state index contributed by atoms with van der Waals surface area (Å²) in [5, 5.41) is 5.24. The molecule has 0 fully saturated rings. The number of carbonyl (C=O) groups is 2. The third-order valence-electron chi connectivity index (χ3n) is 4.28. The van der Waals surface area contributed by atoms with E-state index in [-0.39, 0.29) is 5.56 Å². The molecule has 1 atom stereocenters. The van der Waals surface area contributed by atoms with Gasteiger partial charge in [0.05, 0.1) is 11.4 Å². The summed E-state index contributed by atoms with van der Waals surface area (Å²) in [6, 6.07) is 12.9. The molecule has 0 saturated heterocycles. The molecule has 1 aliphatic rings. The molecule has 1 heterocycles. The van der Waals surface area contributed by atoms with Crippen molar-refractivity contribution in [3.05, 3.63) is 65.5 Å². The number of fused-ring (bicyclic) bond motifs is 1. The highest BCUT2D eigenvalue weighted by molar-refractivity contribution is 6.20. The zero-order valence-corrected chi connectivity index (χ0v) is 15.2. The zero-order chi connectivity index (χ0) is 19.4. The number of anilines is 1. The summed E-state index contributed by atoms with van der Waals surface area (Å²) in [5.74, 6) is -0.849. The number of urea groups is 1. The first-order valence-corrected chi connectivity index (χ1v) is 8.77. The smallest absolute Gasteiger partial charge is 0.316 e. The van der Waals surface area contributed by atoms with E-state index < -0.39 is 23.9 Å². The van der Waals surface area contributed by atoms with E-state index in [4.69, 9.17) is 0 Å². The third kappa shape index (κ3) is 3.81. The van der Waals surface area contributed by atoms with E-state index in [9.17, 15) is 14.0 Å². The number of benzodiazepines with no additional fused rings is 1. The fourth-order valence-corrected chi connectivity index (χ4v) is 2.90. The van der Waals surface area contributed by atoms with Gasteiger partial charge in [-0.3, -0.25) is 4.79 Å². The number of amides is 3. The first-order chi connectivity index (χ1) is 13.0. The molecule has 0 saturated carbocycles. The average molecular weight is 368 g/mol. The Hall–Kier alpha value is -3.22. The van der Waals surface area contributed by atoms with Crippen LogP contribution in [0.2, 0.25) is 0 Å². The highest BCUT2D eigenvalue weighted by atomic mass is 19.1. The summed E-state index contributed by atoms with van der Waals surface area (Å²) in [6.45, 7) is 2.41. The van der Waals surface area contributed by atoms with E-state index in [1.165, 1.54) is 11.0 Å². The van der Waals surface area contributed by atoms with Gasteiger partial charge in [-0.25, -0.2) is 14.2 Å². The van der Waals surface area contributed by atoms with Gasteiger partial charge in [0, 0.05) is 24.7 Å². The van der Waals surface area contributed by atoms with Gasteiger partial charge in [-0.15, -0.1) is 0 Å². The van der Waals surface area contributed by atoms with Gasteiger partial charge in [0.25, 0.3) is 5.91 Å². The van der Waals surface area contributed by atoms with Crippen LogP contribution in [0.25, 0.3) is 0 Å². The van der Waals surface area contributed by atoms with Crippen LogP contribution in [0.15, 0.2) is 53.5 Å². The molecule has 2 N–H and O–H groups in total. The van der Waals surface area contributed by atoms with E-state index in [0.29, 0.717) is 23.5 Å². The number of para-hydroxylation sites is 1. The van der Waals surface area contributed by atoms with E-state index in [1.807, 2.05) is 6.92 Å². The largest absolute Gasteiger partial charge is 0.338 e. The summed E-state index contributed by atoms with van der Waals surface area (Å²) in [7, 11) is 1.61. The highest BCUT2D eigenvalue weighted by Crippen LogP contribution is 2.27. The first kappa shape index (κ1) is 18.6. The van der Waals surface area contributed by atoms with Crippen LogP contribution >= 0.6 is 0 Å². The Morgan fingerprint density at radius 1 is 1.15 bits per heavy atom. The molecule has 1 aliphatic heterocycles. The molecule has 0 bridgehead atoms. The molecule has 140 valence electrons. The Morgan fingerprint density at radius 3 is 2.52 bits per heavy atom. The number of hydrogen-bond acceptors (Lipinski definition) is 3. The number of carbonyl (C=O) groups excluding carboxylic acids is 2. The quantitative estimate of drug-likeness (QED) is 0.871. The van der Waals surface area contributed by atoms with Crippen LogP contribution in [0, 0.1) is 5.82 Å². The lowest BCUT2D eigenvalue weighted by molar-refractivity contribution is -0.119. The van der Waals surface area contributed by atoms with Crippen molar-refractivity contribution in [2.24, 2.45) is 4.99 Å². The van der Waals surface area contributed by atoms with Crippen LogP contribution in [0.3, 0.4) is 0 Å². The fourth-order valence-electron chi connectivity index (χ4n) is 2.90. The monoisotopic (exact) mass is 368 g/mol. The van der Waals surface area contributed by atoms with Gasteiger partial charge in [-0.1, -0.05) is 37.3 Å². The van der Waals surface area contributed by atoms with Crippen molar-refractivity contribution in [3.63, 3.8) is 0 Å². The van der Waals surface area contributed by atoms with E-state index >= 15 is 0 Å². The van der Waals surface area contributed by atoms with Crippen LogP contribution in [0.1, 0.15) is 24.5 Å². The van der Waals surface area contributed by atoms with Crippen LogP contribution in [-0.2, 0) is 4.79 Å². The number of benzene rings is 2. The average Bonchev–Trinajstić information content (AvgIpc) is 2.78. The molecule has 3 amide bonds. The molecule has 0 radical (unpaired) electrons. The summed E-state index contributed by atoms with van der Waals surface area (Å²) in [4.78, 5) is 30.8. The minimum absolute atomic E-state index is 0.272. The molecule has 0 spiro atoms. The van der Waals surface area contributed by atoms with Gasteiger partial charge in [0.2, 0.25) is 6.17 Å². The minimum atomic E-state index is -1.16. The maximum Gasteiger partial charge on any atom is 0.316 e. The van der Waals surface area contributed by atoms with Crippen molar-refractivity contribution >= 4 is 23.3 Å². The van der Waals surface area contributed by atoms with Crippen LogP contribution in [0.4, 0.5) is 14.9 Å². The van der Waals surface area contributed by atoms with Gasteiger partial charge < -0.3 is 15.5 Å². The summed E-state index contributed by atoms with van der Waals surface area (Å²) in [5.41, 5.74) is 1.82. The van der Waals surface area contributed by atoms with E-state index in [0.717, 1.165) is 6.42 Å². The second-order valence-electron chi connectivity index (χ2n) is 6.17. The second-order valence-corrected chi connectivity index (χ2v) is 6.17. The van der Waals surface area contributed by atoms with Gasteiger partial charge >= 0.3 is 6.03 Å². The third-order valence-corrected chi connectivity index (χ3v) is 4.28. The molecule has 2 aromatic carbocycles. The molecule has 7 heteroatoms. The van der Waals surface area contributed by atoms with E-state index in [1.54, 1.807) is 49.5 Å². The van der Waals surface area contributed by atoms with Crippen molar-refractivity contribution in [2.45, 2.75) is 19.5 Å². The minimum Gasteiger partial charge on any atom is -0.338 e. The summed E-state index contributed by atoms with van der Waals surface area (Å²) >= 11 is 0. The molecule has 0 aliphatic carbocycles. The molecular formula is C20H21FN4O2. The van der Waals surface area contributed by atoms with Crippen molar-refractivity contribution in [1.29, 1.82) is 0 Å². The fraction of sp³-hybridized carbons (Fsp3) is 0.250. The first-order valence-electron chi connectivity index (χ1n) is 8.77. The van der Waals surface area contributed by atoms with E-state index in [2.05, 4.69) is 15.6 Å². The number of rotatable bonds is 4. The van der Waals surface area contributed by atoms with Crippen molar-refractivity contribution < 1.29 is 14.0 Å². The maximum atomic E-state index is 14.5. The summed E-state index contributed by atoms with van der Waals surface area (Å²) in [6.07, 6.45) is -0.393. The predicted molar refractivity (Wildman–Crippen MR) is 103 cm³/mol. The van der Waals surface area contributed by atoms with Crippen LogP contribution in [-0.4, -0.2) is 37.4 Å². The van der Waals surface area contributed by atoms with Gasteiger partial charge in [0.15, 0.2) is 0 Å². The van der Waals surface area contributed by atoms with Crippen LogP contribution in [0.5, 0.6) is 0 Å². The molecule has 27 heavy (non-hydrogen) atoms. The Bertz CT molecular complexity index is 897. The number of halogens is 1. The molecule has 2 aromatic rings. The standard InChI is InChI=1S/C20H21FN4O2/c1-3-12-22-20(27)24-18-19(26)25(2)16-11-7-5-9-14(16)17(23-18)13-8-4-6-10-15(13)21/h4-11,18H,3,12H2,1-2H3,(H2,22,24,27). The number of nitrogens with one attached hydrogen (secondary N) is 2. The van der Waals surface area contributed by atoms with Gasteiger partial charge in [-0.05, 0) is 24.6 Å². The number of likely N-dealkylation sites (N-methyl/N-ethyl adjacent to an activating group) is 1. The zero-order valence-electron chi connectivity index (χ0n) is 15.2. The van der Waals surface area contributed by atoms with Crippen molar-refractivity contribution in [1.82, 2.24) is 10.6 Å². The van der Waals surface area contributed by atoms with Crippen LogP contribution < -0.4 is 15.5 Å². The summed E-state index contributed by atoms with van der Waals surface area (Å²) < 4.78 is 14.5. The molecule has 3 rings (SSSR count). The van der Waals surface area contributed by atoms with Gasteiger partial charge in [0.1, 0.15) is 5.82 Å². The normalized spacial score (nSPS) is 16.3. The Kier molecular flexibility index (Phi) is 5.49. The van der Waals surface area contributed by atoms with Crippen molar-refractivity contribution in [2.75, 3.05) is 18.5 Å². The van der Waals surface area contributed by atoms with Gasteiger partial charge in [-0.2, -0.15) is 0 Å². The SMILES string of the molecule is CCCNC(=O)NC1N=C(c2ccccc2F)c2ccccc2N(C)C1=O. The molecule has 1 unspecified atom stereocenters. The predicted octanol–water partition coefficient (Wildman–Crippen LogP) is 2.67. The second kappa shape index (κ2) is 7.99. The lowest BCUT2D eigenvalue weighted by Crippen LogP contribution is -2.49. The molecule has 6 nitrogen and oxygen atoms in total. The Balaban J connectivity index is 2.09. The number of nitrogens with zero attached hydrogens (tertiary/aromatic N) is 2. The number of hydrogen-bond donors (Lipinski definition) is 2. The lowest BCUT2D eigenvalue weighted by atomic mass is 10.00. The topological polar surface area (TPSA) is 73.8 Å². The molecule has 0 aromatic heterocycles. The highest BCUT2D eigenvalue weighted by Gasteiger charge is 2.31. The molecular weight excluding hydrogens is 347 g/mol. The Morgan fingerprint density at radius 2 is 1.81 bits per heavy atom.